The highest BCUT2D eigenvalue weighted by Gasteiger charge is 2.20. The molecular weight excluding hydrogens is 353 g/mol. The zero-order valence-electron chi connectivity index (χ0n) is 16.0. The molecule has 1 saturated heterocycles. The van der Waals surface area contributed by atoms with E-state index in [1.165, 1.54) is 11.6 Å². The number of rotatable bonds is 5. The maximum atomic E-state index is 14.0. The highest BCUT2D eigenvalue weighted by atomic mass is 19.1. The Balaban J connectivity index is 1.42. The van der Waals surface area contributed by atoms with Crippen LogP contribution in [-0.2, 0) is 6.54 Å². The average Bonchev–Trinajstić information content (AvgIpc) is 2.75. The third kappa shape index (κ3) is 4.06. The Labute approximate surface area is 165 Å². The van der Waals surface area contributed by atoms with Gasteiger partial charge in [-0.3, -0.25) is 0 Å². The predicted molar refractivity (Wildman–Crippen MR) is 111 cm³/mol. The van der Waals surface area contributed by atoms with Gasteiger partial charge < -0.3 is 14.7 Å². The van der Waals surface area contributed by atoms with E-state index in [2.05, 4.69) is 36.8 Å². The first-order valence-corrected chi connectivity index (χ1v) is 9.52. The van der Waals surface area contributed by atoms with Crippen LogP contribution >= 0.6 is 0 Å². The van der Waals surface area contributed by atoms with Crippen LogP contribution in [0.2, 0.25) is 0 Å². The molecule has 6 heteroatoms. The van der Waals surface area contributed by atoms with Crippen LogP contribution < -0.4 is 14.7 Å². The molecule has 0 atom stereocenters. The Morgan fingerprint density at radius 2 is 1.57 bits per heavy atom. The summed E-state index contributed by atoms with van der Waals surface area (Å²) < 4.78 is 14.0. The standard InChI is InChI=1S/C22H24FN5/c1-26(16-18-7-3-2-4-8-18)21-15-22(25-17-24-21)28-13-11-27(12-14-28)20-10-6-5-9-19(20)23/h2-10,15,17H,11-14,16H2,1H3. The van der Waals surface area contributed by atoms with Crippen LogP contribution in [0.4, 0.5) is 21.7 Å². The van der Waals surface area contributed by atoms with Gasteiger partial charge >= 0.3 is 0 Å². The van der Waals surface area contributed by atoms with E-state index in [0.717, 1.165) is 44.4 Å². The Hall–Kier alpha value is -3.15. The summed E-state index contributed by atoms with van der Waals surface area (Å²) in [5.41, 5.74) is 1.91. The number of piperazine rings is 1. The van der Waals surface area contributed by atoms with Gasteiger partial charge in [-0.05, 0) is 17.7 Å². The third-order valence-corrected chi connectivity index (χ3v) is 5.09. The summed E-state index contributed by atoms with van der Waals surface area (Å²) in [7, 11) is 2.04. The van der Waals surface area contributed by atoms with Crippen molar-refractivity contribution in [2.24, 2.45) is 0 Å². The van der Waals surface area contributed by atoms with Crippen LogP contribution in [0.5, 0.6) is 0 Å². The van der Waals surface area contributed by atoms with E-state index in [-0.39, 0.29) is 5.82 Å². The monoisotopic (exact) mass is 377 g/mol. The van der Waals surface area contributed by atoms with Crippen molar-refractivity contribution in [3.63, 3.8) is 0 Å². The molecule has 2 heterocycles. The average molecular weight is 377 g/mol. The Kier molecular flexibility index (Phi) is 5.37. The summed E-state index contributed by atoms with van der Waals surface area (Å²) >= 11 is 0. The maximum absolute atomic E-state index is 14.0. The zero-order chi connectivity index (χ0) is 19.3. The minimum Gasteiger partial charge on any atom is -0.366 e. The molecule has 2 aromatic carbocycles. The molecule has 3 aromatic rings. The molecule has 0 radical (unpaired) electrons. The van der Waals surface area contributed by atoms with Gasteiger partial charge in [-0.25, -0.2) is 14.4 Å². The molecule has 1 aliphatic heterocycles. The van der Waals surface area contributed by atoms with Crippen LogP contribution in [0.25, 0.3) is 0 Å². The number of benzene rings is 2. The van der Waals surface area contributed by atoms with Crippen molar-refractivity contribution < 1.29 is 4.39 Å². The smallest absolute Gasteiger partial charge is 0.146 e. The van der Waals surface area contributed by atoms with Gasteiger partial charge in [0, 0.05) is 45.8 Å². The molecule has 0 amide bonds. The highest BCUT2D eigenvalue weighted by molar-refractivity contribution is 5.53. The lowest BCUT2D eigenvalue weighted by molar-refractivity contribution is 0.596. The second-order valence-electron chi connectivity index (χ2n) is 7.00. The molecule has 0 spiro atoms. The molecule has 0 unspecified atom stereocenters. The molecule has 0 bridgehead atoms. The highest BCUT2D eigenvalue weighted by Crippen LogP contribution is 2.23. The summed E-state index contributed by atoms with van der Waals surface area (Å²) in [5, 5.41) is 0. The quantitative estimate of drug-likeness (QED) is 0.679. The van der Waals surface area contributed by atoms with Crippen LogP contribution in [0.15, 0.2) is 67.0 Å². The Bertz CT molecular complexity index is 910. The number of para-hydroxylation sites is 1. The van der Waals surface area contributed by atoms with Crippen LogP contribution in [0, 0.1) is 5.82 Å². The summed E-state index contributed by atoms with van der Waals surface area (Å²) in [5.74, 6) is 1.64. The van der Waals surface area contributed by atoms with Gasteiger partial charge in [-0.15, -0.1) is 0 Å². The van der Waals surface area contributed by atoms with Crippen molar-refractivity contribution in [2.75, 3.05) is 47.9 Å². The van der Waals surface area contributed by atoms with Gasteiger partial charge in [0.2, 0.25) is 0 Å². The molecule has 5 nitrogen and oxygen atoms in total. The summed E-state index contributed by atoms with van der Waals surface area (Å²) in [4.78, 5) is 15.3. The molecule has 0 N–H and O–H groups in total. The predicted octanol–water partition coefficient (Wildman–Crippen LogP) is 3.58. The molecule has 0 aliphatic carbocycles. The first-order valence-electron chi connectivity index (χ1n) is 9.52. The van der Waals surface area contributed by atoms with E-state index >= 15 is 0 Å². The number of nitrogens with zero attached hydrogens (tertiary/aromatic N) is 5. The first-order chi connectivity index (χ1) is 13.7. The normalized spacial score (nSPS) is 14.2. The fraction of sp³-hybridized carbons (Fsp3) is 0.273. The van der Waals surface area contributed by atoms with Crippen molar-refractivity contribution in [1.82, 2.24) is 9.97 Å². The van der Waals surface area contributed by atoms with E-state index in [9.17, 15) is 4.39 Å². The summed E-state index contributed by atoms with van der Waals surface area (Å²) in [6, 6.07) is 19.3. The summed E-state index contributed by atoms with van der Waals surface area (Å²) in [6.07, 6.45) is 1.62. The lowest BCUT2D eigenvalue weighted by Gasteiger charge is -2.37. The second-order valence-corrected chi connectivity index (χ2v) is 7.00. The summed E-state index contributed by atoms with van der Waals surface area (Å²) in [6.45, 7) is 3.92. The lowest BCUT2D eigenvalue weighted by atomic mass is 10.2. The van der Waals surface area contributed by atoms with Gasteiger partial charge in [-0.1, -0.05) is 42.5 Å². The Morgan fingerprint density at radius 1 is 0.893 bits per heavy atom. The molecule has 1 aliphatic rings. The fourth-order valence-electron chi connectivity index (χ4n) is 3.54. The van der Waals surface area contributed by atoms with E-state index in [0.29, 0.717) is 5.69 Å². The number of anilines is 3. The largest absolute Gasteiger partial charge is 0.366 e. The number of aromatic nitrogens is 2. The molecule has 0 saturated carbocycles. The van der Waals surface area contributed by atoms with Gasteiger partial charge in [0.15, 0.2) is 0 Å². The zero-order valence-corrected chi connectivity index (χ0v) is 16.0. The topological polar surface area (TPSA) is 35.5 Å². The SMILES string of the molecule is CN(Cc1ccccc1)c1cc(N2CCN(c3ccccc3F)CC2)ncn1. The Morgan fingerprint density at radius 3 is 2.32 bits per heavy atom. The second kappa shape index (κ2) is 8.25. The minimum absolute atomic E-state index is 0.164. The van der Waals surface area contributed by atoms with Crippen molar-refractivity contribution in [1.29, 1.82) is 0 Å². The molecule has 1 fully saturated rings. The number of hydrogen-bond acceptors (Lipinski definition) is 5. The molecule has 1 aromatic heterocycles. The first kappa shape index (κ1) is 18.2. The lowest BCUT2D eigenvalue weighted by Crippen LogP contribution is -2.47. The maximum Gasteiger partial charge on any atom is 0.146 e. The number of halogens is 1. The van der Waals surface area contributed by atoms with Gasteiger partial charge in [0.1, 0.15) is 23.8 Å². The molecule has 28 heavy (non-hydrogen) atoms. The van der Waals surface area contributed by atoms with Crippen molar-refractivity contribution in [3.05, 3.63) is 78.4 Å². The van der Waals surface area contributed by atoms with E-state index in [1.54, 1.807) is 12.4 Å². The third-order valence-electron chi connectivity index (χ3n) is 5.09. The van der Waals surface area contributed by atoms with Crippen molar-refractivity contribution in [2.45, 2.75) is 6.54 Å². The van der Waals surface area contributed by atoms with Gasteiger partial charge in [0.05, 0.1) is 5.69 Å². The van der Waals surface area contributed by atoms with Crippen LogP contribution in [0.1, 0.15) is 5.56 Å². The molecular formula is C22H24FN5. The van der Waals surface area contributed by atoms with Crippen molar-refractivity contribution in [3.8, 4) is 0 Å². The minimum atomic E-state index is -0.164. The van der Waals surface area contributed by atoms with Gasteiger partial charge in [0.25, 0.3) is 0 Å². The number of hydrogen-bond donors (Lipinski definition) is 0. The van der Waals surface area contributed by atoms with Gasteiger partial charge in [-0.2, -0.15) is 0 Å². The molecule has 144 valence electrons. The van der Waals surface area contributed by atoms with Crippen LogP contribution in [0.3, 0.4) is 0 Å². The van der Waals surface area contributed by atoms with E-state index < -0.39 is 0 Å². The fourth-order valence-corrected chi connectivity index (χ4v) is 3.54. The van der Waals surface area contributed by atoms with E-state index in [1.807, 2.05) is 43.4 Å². The van der Waals surface area contributed by atoms with E-state index in [4.69, 9.17) is 0 Å². The molecule has 4 rings (SSSR count). The van der Waals surface area contributed by atoms with Crippen molar-refractivity contribution >= 4 is 17.3 Å². The van der Waals surface area contributed by atoms with Crippen LogP contribution in [-0.4, -0.2) is 43.2 Å².